The molecule has 0 fully saturated rings. The van der Waals surface area contributed by atoms with Crippen LogP contribution in [0.1, 0.15) is 36.5 Å². The molecule has 0 saturated heterocycles. The number of guanidine groups is 1. The fraction of sp³-hybridized carbons (Fsp3) is 0.500. The molecule has 1 aromatic heterocycles. The molecular weight excluding hydrogens is 336 g/mol. The van der Waals surface area contributed by atoms with Gasteiger partial charge in [0.15, 0.2) is 11.8 Å². The second kappa shape index (κ2) is 8.34. The van der Waals surface area contributed by atoms with Crippen molar-refractivity contribution in [3.8, 4) is 0 Å². The van der Waals surface area contributed by atoms with E-state index in [4.69, 9.17) is 11.6 Å². The first-order chi connectivity index (χ1) is 12.2. The Morgan fingerprint density at radius 1 is 1.32 bits per heavy atom. The molecule has 3 rings (SSSR count). The summed E-state index contributed by atoms with van der Waals surface area (Å²) < 4.78 is 2.25. The van der Waals surface area contributed by atoms with Crippen LogP contribution in [0.4, 0.5) is 0 Å². The normalized spacial score (nSPS) is 14.8. The van der Waals surface area contributed by atoms with Gasteiger partial charge in [-0.15, -0.1) is 10.2 Å². The topological polar surface area (TPSA) is 58.3 Å². The average Bonchev–Trinajstić information content (AvgIpc) is 2.83. The molecule has 0 amide bonds. The number of nitrogens with zero attached hydrogens (tertiary/aromatic N) is 5. The van der Waals surface area contributed by atoms with Gasteiger partial charge in [-0.25, -0.2) is 0 Å². The maximum absolute atomic E-state index is 6.07. The van der Waals surface area contributed by atoms with Crippen LogP contribution in [0.3, 0.4) is 0 Å². The van der Waals surface area contributed by atoms with Crippen LogP contribution in [0.25, 0.3) is 0 Å². The molecule has 1 aliphatic heterocycles. The van der Waals surface area contributed by atoms with Crippen molar-refractivity contribution < 1.29 is 0 Å². The van der Waals surface area contributed by atoms with Crippen molar-refractivity contribution in [2.45, 2.75) is 45.3 Å². The van der Waals surface area contributed by atoms with Crippen molar-refractivity contribution in [2.75, 3.05) is 14.1 Å². The zero-order valence-corrected chi connectivity index (χ0v) is 15.6. The highest BCUT2D eigenvalue weighted by molar-refractivity contribution is 6.30. The number of aliphatic imine (C=N–C) groups is 1. The van der Waals surface area contributed by atoms with Gasteiger partial charge >= 0.3 is 0 Å². The number of aromatic nitrogens is 3. The zero-order chi connectivity index (χ0) is 17.6. The third kappa shape index (κ3) is 4.51. The quantitative estimate of drug-likeness (QED) is 0.672. The smallest absolute Gasteiger partial charge is 0.194 e. The van der Waals surface area contributed by atoms with Crippen LogP contribution < -0.4 is 5.32 Å². The molecule has 0 aliphatic carbocycles. The van der Waals surface area contributed by atoms with Gasteiger partial charge in [-0.1, -0.05) is 30.2 Å². The number of rotatable bonds is 4. The van der Waals surface area contributed by atoms with Crippen molar-refractivity contribution in [1.82, 2.24) is 25.0 Å². The summed E-state index contributed by atoms with van der Waals surface area (Å²) >= 11 is 6.07. The highest BCUT2D eigenvalue weighted by Crippen LogP contribution is 2.15. The summed E-state index contributed by atoms with van der Waals surface area (Å²) in [5, 5.41) is 12.9. The molecule has 0 unspecified atom stereocenters. The second-order valence-electron chi connectivity index (χ2n) is 6.38. The van der Waals surface area contributed by atoms with E-state index < -0.39 is 0 Å². The molecule has 6 nitrogen and oxygen atoms in total. The van der Waals surface area contributed by atoms with E-state index in [-0.39, 0.29) is 0 Å². The molecule has 1 N–H and O–H groups in total. The zero-order valence-electron chi connectivity index (χ0n) is 14.9. The van der Waals surface area contributed by atoms with Crippen LogP contribution in [0.15, 0.2) is 29.3 Å². The number of hydrogen-bond acceptors (Lipinski definition) is 3. The monoisotopic (exact) mass is 360 g/mol. The molecule has 0 atom stereocenters. The fourth-order valence-electron chi connectivity index (χ4n) is 3.20. The summed E-state index contributed by atoms with van der Waals surface area (Å²) in [5.74, 6) is 2.91. The van der Waals surface area contributed by atoms with Crippen molar-refractivity contribution in [2.24, 2.45) is 4.99 Å². The molecule has 0 saturated carbocycles. The van der Waals surface area contributed by atoms with E-state index in [1.165, 1.54) is 19.3 Å². The van der Waals surface area contributed by atoms with Crippen molar-refractivity contribution >= 4 is 17.6 Å². The fourth-order valence-corrected chi connectivity index (χ4v) is 3.42. The van der Waals surface area contributed by atoms with Gasteiger partial charge in [0.25, 0.3) is 0 Å². The van der Waals surface area contributed by atoms with Crippen LogP contribution in [0.2, 0.25) is 5.02 Å². The number of hydrogen-bond donors (Lipinski definition) is 1. The second-order valence-corrected chi connectivity index (χ2v) is 6.82. The summed E-state index contributed by atoms with van der Waals surface area (Å²) in [6.45, 7) is 2.37. The molecule has 0 spiro atoms. The molecule has 2 aromatic rings. The number of fused-ring (bicyclic) bond motifs is 1. The Balaban J connectivity index is 1.62. The van der Waals surface area contributed by atoms with Crippen LogP contribution in [0.5, 0.6) is 0 Å². The van der Waals surface area contributed by atoms with Gasteiger partial charge in [-0.05, 0) is 30.5 Å². The molecule has 2 heterocycles. The predicted molar refractivity (Wildman–Crippen MR) is 101 cm³/mol. The van der Waals surface area contributed by atoms with Gasteiger partial charge in [-0.2, -0.15) is 0 Å². The third-order valence-corrected chi connectivity index (χ3v) is 4.71. The van der Waals surface area contributed by atoms with Crippen LogP contribution >= 0.6 is 11.6 Å². The van der Waals surface area contributed by atoms with Crippen LogP contribution in [0, 0.1) is 0 Å². The Morgan fingerprint density at radius 2 is 2.20 bits per heavy atom. The predicted octanol–water partition coefficient (Wildman–Crippen LogP) is 2.87. The molecule has 1 aromatic carbocycles. The van der Waals surface area contributed by atoms with E-state index >= 15 is 0 Å². The SMILES string of the molecule is CN=C(NCc1nnc2n1CCCCC2)N(C)Cc1cccc(Cl)c1. The first kappa shape index (κ1) is 17.7. The summed E-state index contributed by atoms with van der Waals surface area (Å²) in [7, 11) is 3.81. The van der Waals surface area contributed by atoms with E-state index in [1.807, 2.05) is 25.2 Å². The first-order valence-corrected chi connectivity index (χ1v) is 9.12. The summed E-state index contributed by atoms with van der Waals surface area (Å²) in [6, 6.07) is 7.89. The Morgan fingerprint density at radius 3 is 3.00 bits per heavy atom. The molecular formula is C18H25ClN6. The lowest BCUT2D eigenvalue weighted by molar-refractivity contribution is 0.473. The van der Waals surface area contributed by atoms with Crippen LogP contribution in [-0.2, 0) is 26.1 Å². The molecule has 25 heavy (non-hydrogen) atoms. The Hall–Kier alpha value is -2.08. The molecule has 7 heteroatoms. The lowest BCUT2D eigenvalue weighted by Gasteiger charge is -2.22. The highest BCUT2D eigenvalue weighted by Gasteiger charge is 2.15. The lowest BCUT2D eigenvalue weighted by atomic mass is 10.2. The number of aryl methyl sites for hydroxylation is 1. The highest BCUT2D eigenvalue weighted by atomic mass is 35.5. The van der Waals surface area contributed by atoms with Crippen LogP contribution in [-0.4, -0.2) is 39.7 Å². The van der Waals surface area contributed by atoms with Gasteiger partial charge in [0.2, 0.25) is 0 Å². The summed E-state index contributed by atoms with van der Waals surface area (Å²) in [4.78, 5) is 6.45. The van der Waals surface area contributed by atoms with E-state index in [0.717, 1.165) is 47.7 Å². The summed E-state index contributed by atoms with van der Waals surface area (Å²) in [5.41, 5.74) is 1.15. The van der Waals surface area contributed by atoms with Crippen molar-refractivity contribution in [3.63, 3.8) is 0 Å². The Labute approximate surface area is 153 Å². The maximum atomic E-state index is 6.07. The van der Waals surface area contributed by atoms with Gasteiger partial charge < -0.3 is 14.8 Å². The van der Waals surface area contributed by atoms with Gasteiger partial charge in [0.05, 0.1) is 6.54 Å². The van der Waals surface area contributed by atoms with Crippen molar-refractivity contribution in [1.29, 1.82) is 0 Å². The number of benzene rings is 1. The number of halogens is 1. The van der Waals surface area contributed by atoms with E-state index in [9.17, 15) is 0 Å². The minimum Gasteiger partial charge on any atom is -0.349 e. The lowest BCUT2D eigenvalue weighted by Crippen LogP contribution is -2.38. The Bertz CT molecular complexity index is 739. The van der Waals surface area contributed by atoms with Gasteiger partial charge in [0, 0.05) is 38.6 Å². The summed E-state index contributed by atoms with van der Waals surface area (Å²) in [6.07, 6.45) is 4.69. The maximum Gasteiger partial charge on any atom is 0.194 e. The minimum atomic E-state index is 0.625. The average molecular weight is 361 g/mol. The Kier molecular flexibility index (Phi) is 5.91. The molecule has 1 aliphatic rings. The molecule has 134 valence electrons. The van der Waals surface area contributed by atoms with Gasteiger partial charge in [-0.3, -0.25) is 4.99 Å². The van der Waals surface area contributed by atoms with E-state index in [0.29, 0.717) is 6.54 Å². The van der Waals surface area contributed by atoms with E-state index in [1.54, 1.807) is 7.05 Å². The minimum absolute atomic E-state index is 0.625. The van der Waals surface area contributed by atoms with E-state index in [2.05, 4.69) is 36.0 Å². The largest absolute Gasteiger partial charge is 0.349 e. The third-order valence-electron chi connectivity index (χ3n) is 4.47. The number of nitrogens with one attached hydrogen (secondary N) is 1. The van der Waals surface area contributed by atoms with Crippen molar-refractivity contribution in [3.05, 3.63) is 46.5 Å². The first-order valence-electron chi connectivity index (χ1n) is 8.74. The standard InChI is InChI=1S/C18H25ClN6/c1-20-18(24(2)13-14-7-6-8-15(19)11-14)21-12-17-23-22-16-9-4-3-5-10-25(16)17/h6-8,11H,3-5,9-10,12-13H2,1-2H3,(H,20,21). The molecule has 0 bridgehead atoms. The van der Waals surface area contributed by atoms with Gasteiger partial charge in [0.1, 0.15) is 5.82 Å². The molecule has 0 radical (unpaired) electrons.